The van der Waals surface area contributed by atoms with Crippen molar-refractivity contribution in [3.8, 4) is 11.5 Å². The number of amides is 1. The molecule has 1 amide bonds. The van der Waals surface area contributed by atoms with Gasteiger partial charge in [-0.15, -0.1) is 0 Å². The third-order valence-corrected chi connectivity index (χ3v) is 7.03. The standard InChI is InChI=1S/C23H31N5O2/c1-26-10-6-19(7-11-26)27-12-4-17(5-13-27)23(29)28-14-8-21-20(16-28)25-22(30-21)18-3-2-9-24-15-18/h2-3,9,15,17,19H,4-8,10-14,16H2,1H3. The van der Waals surface area contributed by atoms with Gasteiger partial charge in [0.25, 0.3) is 0 Å². The Morgan fingerprint density at radius 1 is 1.10 bits per heavy atom. The Morgan fingerprint density at radius 2 is 1.90 bits per heavy atom. The largest absolute Gasteiger partial charge is 0.441 e. The average molecular weight is 410 g/mol. The van der Waals surface area contributed by atoms with Gasteiger partial charge in [0.2, 0.25) is 11.8 Å². The highest BCUT2D eigenvalue weighted by Gasteiger charge is 2.34. The zero-order valence-electron chi connectivity index (χ0n) is 17.8. The van der Waals surface area contributed by atoms with E-state index >= 15 is 0 Å². The van der Waals surface area contributed by atoms with Gasteiger partial charge < -0.3 is 19.1 Å². The van der Waals surface area contributed by atoms with Crippen LogP contribution in [0.25, 0.3) is 11.5 Å². The molecule has 7 heteroatoms. The Morgan fingerprint density at radius 3 is 2.63 bits per heavy atom. The summed E-state index contributed by atoms with van der Waals surface area (Å²) in [6, 6.07) is 4.54. The molecule has 5 rings (SSSR count). The predicted octanol–water partition coefficient (Wildman–Crippen LogP) is 2.43. The maximum absolute atomic E-state index is 13.2. The molecule has 2 aromatic rings. The highest BCUT2D eigenvalue weighted by atomic mass is 16.4. The molecule has 0 radical (unpaired) electrons. The van der Waals surface area contributed by atoms with E-state index < -0.39 is 0 Å². The smallest absolute Gasteiger partial charge is 0.228 e. The minimum Gasteiger partial charge on any atom is -0.441 e. The van der Waals surface area contributed by atoms with Crippen LogP contribution in [0, 0.1) is 5.92 Å². The number of pyridine rings is 1. The molecule has 160 valence electrons. The van der Waals surface area contributed by atoms with Crippen molar-refractivity contribution in [2.75, 3.05) is 39.8 Å². The first-order valence-corrected chi connectivity index (χ1v) is 11.3. The van der Waals surface area contributed by atoms with Gasteiger partial charge in [0.15, 0.2) is 0 Å². The van der Waals surface area contributed by atoms with Gasteiger partial charge in [0.1, 0.15) is 11.5 Å². The summed E-state index contributed by atoms with van der Waals surface area (Å²) in [4.78, 5) is 29.0. The Kier molecular flexibility index (Phi) is 5.56. The van der Waals surface area contributed by atoms with Crippen LogP contribution < -0.4 is 0 Å². The molecule has 0 spiro atoms. The minimum absolute atomic E-state index is 0.152. The summed E-state index contributed by atoms with van der Waals surface area (Å²) in [5.74, 6) is 1.97. The van der Waals surface area contributed by atoms with Crippen molar-refractivity contribution in [1.29, 1.82) is 0 Å². The number of nitrogens with zero attached hydrogens (tertiary/aromatic N) is 5. The number of carbonyl (C=O) groups is 1. The monoisotopic (exact) mass is 409 g/mol. The van der Waals surface area contributed by atoms with E-state index in [4.69, 9.17) is 4.42 Å². The van der Waals surface area contributed by atoms with E-state index in [1.54, 1.807) is 12.4 Å². The molecular formula is C23H31N5O2. The molecule has 7 nitrogen and oxygen atoms in total. The topological polar surface area (TPSA) is 65.7 Å². The van der Waals surface area contributed by atoms with E-state index in [0.29, 0.717) is 24.4 Å². The van der Waals surface area contributed by atoms with Gasteiger partial charge in [-0.2, -0.15) is 0 Å². The number of aromatic nitrogens is 2. The van der Waals surface area contributed by atoms with Crippen LogP contribution in [-0.2, 0) is 17.8 Å². The second kappa shape index (κ2) is 8.47. The van der Waals surface area contributed by atoms with Crippen molar-refractivity contribution in [3.05, 3.63) is 36.0 Å². The van der Waals surface area contributed by atoms with E-state index in [9.17, 15) is 4.79 Å². The second-order valence-corrected chi connectivity index (χ2v) is 8.99. The van der Waals surface area contributed by atoms with Crippen molar-refractivity contribution < 1.29 is 9.21 Å². The maximum Gasteiger partial charge on any atom is 0.228 e. The van der Waals surface area contributed by atoms with E-state index in [1.165, 1.54) is 25.9 Å². The SMILES string of the molecule is CN1CCC(N2CCC(C(=O)N3CCc4oc(-c5cccnc5)nc4C3)CC2)CC1. The minimum atomic E-state index is 0.152. The van der Waals surface area contributed by atoms with Crippen molar-refractivity contribution in [2.45, 2.75) is 44.7 Å². The molecule has 0 atom stereocenters. The van der Waals surface area contributed by atoms with E-state index in [-0.39, 0.29) is 5.92 Å². The van der Waals surface area contributed by atoms with Gasteiger partial charge in [-0.1, -0.05) is 0 Å². The summed E-state index contributed by atoms with van der Waals surface area (Å²) in [6.45, 7) is 5.78. The van der Waals surface area contributed by atoms with Crippen LogP contribution in [0.5, 0.6) is 0 Å². The van der Waals surface area contributed by atoms with Crippen LogP contribution in [0.4, 0.5) is 0 Å². The summed E-state index contributed by atoms with van der Waals surface area (Å²) >= 11 is 0. The third-order valence-electron chi connectivity index (χ3n) is 7.03. The van der Waals surface area contributed by atoms with Crippen molar-refractivity contribution >= 4 is 5.91 Å². The average Bonchev–Trinajstić information content (AvgIpc) is 3.23. The lowest BCUT2D eigenvalue weighted by Crippen LogP contribution is -2.49. The zero-order valence-corrected chi connectivity index (χ0v) is 17.8. The van der Waals surface area contributed by atoms with E-state index in [0.717, 1.165) is 55.9 Å². The summed E-state index contributed by atoms with van der Waals surface area (Å²) in [5, 5.41) is 0. The Bertz CT molecular complexity index is 867. The molecule has 0 saturated carbocycles. The summed E-state index contributed by atoms with van der Waals surface area (Å²) in [5.41, 5.74) is 1.78. The van der Waals surface area contributed by atoms with Crippen LogP contribution >= 0.6 is 0 Å². The molecule has 2 saturated heterocycles. The summed E-state index contributed by atoms with van der Waals surface area (Å²) in [6.07, 6.45) is 8.72. The van der Waals surface area contributed by atoms with Crippen molar-refractivity contribution in [1.82, 2.24) is 24.7 Å². The van der Waals surface area contributed by atoms with Gasteiger partial charge >= 0.3 is 0 Å². The molecule has 30 heavy (non-hydrogen) atoms. The molecule has 0 unspecified atom stereocenters. The molecule has 5 heterocycles. The Balaban J connectivity index is 1.18. The molecule has 0 aliphatic carbocycles. The fraction of sp³-hybridized carbons (Fsp3) is 0.609. The van der Waals surface area contributed by atoms with E-state index in [1.807, 2.05) is 17.0 Å². The fourth-order valence-corrected chi connectivity index (χ4v) is 5.13. The number of carbonyl (C=O) groups excluding carboxylic acids is 1. The van der Waals surface area contributed by atoms with Gasteiger partial charge in [-0.05, 0) is 71.0 Å². The van der Waals surface area contributed by atoms with Gasteiger partial charge in [0, 0.05) is 37.3 Å². The number of piperidine rings is 2. The van der Waals surface area contributed by atoms with Gasteiger partial charge in [0.05, 0.1) is 12.1 Å². The Hall–Kier alpha value is -2.25. The predicted molar refractivity (Wildman–Crippen MR) is 114 cm³/mol. The quantitative estimate of drug-likeness (QED) is 0.776. The molecule has 3 aliphatic rings. The molecule has 3 aliphatic heterocycles. The van der Waals surface area contributed by atoms with Gasteiger partial charge in [-0.25, -0.2) is 4.98 Å². The lowest BCUT2D eigenvalue weighted by Gasteiger charge is -2.41. The number of oxazole rings is 1. The van der Waals surface area contributed by atoms with Crippen LogP contribution in [0.1, 0.15) is 37.1 Å². The molecule has 2 aromatic heterocycles. The first-order valence-electron chi connectivity index (χ1n) is 11.3. The first-order chi connectivity index (χ1) is 14.7. The molecule has 0 N–H and O–H groups in total. The van der Waals surface area contributed by atoms with Crippen LogP contribution in [0.3, 0.4) is 0 Å². The normalized spacial score (nSPS) is 22.2. The highest BCUT2D eigenvalue weighted by molar-refractivity contribution is 5.79. The molecule has 0 aromatic carbocycles. The lowest BCUT2D eigenvalue weighted by molar-refractivity contribution is -0.138. The summed E-state index contributed by atoms with van der Waals surface area (Å²) < 4.78 is 5.96. The lowest BCUT2D eigenvalue weighted by atomic mass is 9.92. The van der Waals surface area contributed by atoms with Crippen LogP contribution in [0.15, 0.2) is 28.9 Å². The van der Waals surface area contributed by atoms with Crippen molar-refractivity contribution in [2.24, 2.45) is 5.92 Å². The van der Waals surface area contributed by atoms with Crippen LogP contribution in [-0.4, -0.2) is 76.4 Å². The number of hydrogen-bond acceptors (Lipinski definition) is 6. The molecular weight excluding hydrogens is 378 g/mol. The summed E-state index contributed by atoms with van der Waals surface area (Å²) in [7, 11) is 2.21. The maximum atomic E-state index is 13.2. The third kappa shape index (κ3) is 4.01. The van der Waals surface area contributed by atoms with Crippen molar-refractivity contribution in [3.63, 3.8) is 0 Å². The second-order valence-electron chi connectivity index (χ2n) is 8.99. The molecule has 0 bridgehead atoms. The number of likely N-dealkylation sites (tertiary alicyclic amines) is 2. The number of hydrogen-bond donors (Lipinski definition) is 0. The molecule has 2 fully saturated rings. The fourth-order valence-electron chi connectivity index (χ4n) is 5.13. The first kappa shape index (κ1) is 19.7. The van der Waals surface area contributed by atoms with E-state index in [2.05, 4.69) is 26.8 Å². The zero-order chi connectivity index (χ0) is 20.5. The number of fused-ring (bicyclic) bond motifs is 1. The highest BCUT2D eigenvalue weighted by Crippen LogP contribution is 2.29. The van der Waals surface area contributed by atoms with Gasteiger partial charge in [-0.3, -0.25) is 9.78 Å². The Labute approximate surface area is 178 Å². The van der Waals surface area contributed by atoms with Crippen LogP contribution in [0.2, 0.25) is 0 Å². The number of rotatable bonds is 3.